The van der Waals surface area contributed by atoms with Gasteiger partial charge in [0, 0.05) is 25.0 Å². The second-order valence-electron chi connectivity index (χ2n) is 7.10. The molecule has 0 aliphatic heterocycles. The molecule has 0 radical (unpaired) electrons. The van der Waals surface area contributed by atoms with Crippen LogP contribution in [0.15, 0.2) is 0 Å². The number of nitrogens with zero attached hydrogens (tertiary/aromatic N) is 4. The SMILES string of the molecule is CC(=O)N(c1nn(CN(C2CCCC2)C2CC2)c(=S)s1)C1CC1. The largest absolute Gasteiger partial charge is 0.284 e. The normalized spacial score (nSPS) is 22.0. The second kappa shape index (κ2) is 6.26. The summed E-state index contributed by atoms with van der Waals surface area (Å²) in [4.78, 5) is 16.4. The highest BCUT2D eigenvalue weighted by atomic mass is 32.1. The Morgan fingerprint density at radius 1 is 1.17 bits per heavy atom. The summed E-state index contributed by atoms with van der Waals surface area (Å²) in [7, 11) is 0. The van der Waals surface area contributed by atoms with Crippen molar-refractivity contribution in [3.63, 3.8) is 0 Å². The average molecular weight is 353 g/mol. The van der Waals surface area contributed by atoms with Crippen LogP contribution in [0, 0.1) is 3.95 Å². The van der Waals surface area contributed by atoms with Crippen molar-refractivity contribution < 1.29 is 4.79 Å². The molecule has 0 aromatic carbocycles. The van der Waals surface area contributed by atoms with Crippen molar-refractivity contribution >= 4 is 34.6 Å². The van der Waals surface area contributed by atoms with E-state index in [9.17, 15) is 4.79 Å². The average Bonchev–Trinajstić information content (AvgIpc) is 3.41. The van der Waals surface area contributed by atoms with Crippen molar-refractivity contribution in [3.8, 4) is 0 Å². The summed E-state index contributed by atoms with van der Waals surface area (Å²) in [6.45, 7) is 2.42. The minimum absolute atomic E-state index is 0.0817. The third-order valence-electron chi connectivity index (χ3n) is 5.16. The minimum atomic E-state index is 0.0817. The van der Waals surface area contributed by atoms with E-state index in [0.29, 0.717) is 12.1 Å². The van der Waals surface area contributed by atoms with Crippen LogP contribution >= 0.6 is 23.6 Å². The zero-order chi connectivity index (χ0) is 16.0. The number of rotatable bonds is 6. The zero-order valence-corrected chi connectivity index (χ0v) is 15.2. The molecule has 5 nitrogen and oxygen atoms in total. The van der Waals surface area contributed by atoms with Gasteiger partial charge in [-0.25, -0.2) is 4.68 Å². The Morgan fingerprint density at radius 3 is 2.35 bits per heavy atom. The standard InChI is InChI=1S/C16H24N4OS2/c1-11(21)20(14-8-9-14)15-17-19(16(22)23-15)10-18(13-6-7-13)12-4-2-3-5-12/h12-14H,2-10H2,1H3. The summed E-state index contributed by atoms with van der Waals surface area (Å²) in [5.41, 5.74) is 0. The number of hydrogen-bond acceptors (Lipinski definition) is 5. The van der Waals surface area contributed by atoms with Gasteiger partial charge < -0.3 is 0 Å². The Hall–Kier alpha value is -0.790. The van der Waals surface area contributed by atoms with Gasteiger partial charge in [0.1, 0.15) is 0 Å². The summed E-state index contributed by atoms with van der Waals surface area (Å²) in [5, 5.41) is 5.49. The molecule has 0 atom stereocenters. The molecule has 3 aliphatic rings. The summed E-state index contributed by atoms with van der Waals surface area (Å²) in [5.74, 6) is 0.0817. The molecule has 0 unspecified atom stereocenters. The van der Waals surface area contributed by atoms with Crippen LogP contribution in [0.4, 0.5) is 5.13 Å². The molecule has 3 saturated carbocycles. The molecule has 0 bridgehead atoms. The molecule has 3 fully saturated rings. The topological polar surface area (TPSA) is 41.4 Å². The number of aromatic nitrogens is 2. The van der Waals surface area contributed by atoms with E-state index in [4.69, 9.17) is 17.3 Å². The first-order valence-corrected chi connectivity index (χ1v) is 9.99. The van der Waals surface area contributed by atoms with Crippen LogP contribution in [0.3, 0.4) is 0 Å². The van der Waals surface area contributed by atoms with Crippen LogP contribution in [0.2, 0.25) is 0 Å². The lowest BCUT2D eigenvalue weighted by Gasteiger charge is -2.28. The molecule has 3 aliphatic carbocycles. The number of anilines is 1. The van der Waals surface area contributed by atoms with Crippen molar-refractivity contribution in [2.45, 2.75) is 83.1 Å². The lowest BCUT2D eigenvalue weighted by Crippen LogP contribution is -2.37. The van der Waals surface area contributed by atoms with Crippen LogP contribution in [-0.4, -0.2) is 38.7 Å². The van der Waals surface area contributed by atoms with Crippen molar-refractivity contribution in [1.82, 2.24) is 14.7 Å². The monoisotopic (exact) mass is 352 g/mol. The first-order valence-electron chi connectivity index (χ1n) is 8.77. The molecule has 1 amide bonds. The van der Waals surface area contributed by atoms with Gasteiger partial charge in [-0.3, -0.25) is 14.6 Å². The zero-order valence-electron chi connectivity index (χ0n) is 13.6. The van der Waals surface area contributed by atoms with Crippen molar-refractivity contribution in [3.05, 3.63) is 3.95 Å². The fraction of sp³-hybridized carbons (Fsp3) is 0.812. The van der Waals surface area contributed by atoms with Gasteiger partial charge in [0.15, 0.2) is 3.95 Å². The Balaban J connectivity index is 1.54. The van der Waals surface area contributed by atoms with E-state index in [0.717, 1.165) is 34.6 Å². The van der Waals surface area contributed by atoms with Gasteiger partial charge in [-0.2, -0.15) is 0 Å². The fourth-order valence-corrected chi connectivity index (χ4v) is 4.89. The van der Waals surface area contributed by atoms with Crippen LogP contribution in [0.5, 0.6) is 0 Å². The third-order valence-corrected chi connectivity index (χ3v) is 6.47. The molecular weight excluding hydrogens is 328 g/mol. The maximum absolute atomic E-state index is 11.9. The maximum atomic E-state index is 11.9. The first kappa shape index (κ1) is 15.7. The summed E-state index contributed by atoms with van der Waals surface area (Å²) < 4.78 is 2.74. The summed E-state index contributed by atoms with van der Waals surface area (Å²) in [6, 6.07) is 1.76. The molecule has 0 N–H and O–H groups in total. The van der Waals surface area contributed by atoms with Crippen molar-refractivity contribution in [1.29, 1.82) is 0 Å². The van der Waals surface area contributed by atoms with E-state index in [1.165, 1.54) is 49.9 Å². The third kappa shape index (κ3) is 3.37. The number of carbonyl (C=O) groups is 1. The van der Waals surface area contributed by atoms with Crippen molar-refractivity contribution in [2.75, 3.05) is 4.90 Å². The van der Waals surface area contributed by atoms with E-state index < -0.39 is 0 Å². The van der Waals surface area contributed by atoms with Crippen LogP contribution in [-0.2, 0) is 11.5 Å². The maximum Gasteiger partial charge on any atom is 0.225 e. The van der Waals surface area contributed by atoms with E-state index in [2.05, 4.69) is 4.90 Å². The molecule has 1 heterocycles. The fourth-order valence-electron chi connectivity index (χ4n) is 3.69. The molecule has 4 rings (SSSR count). The Bertz CT molecular complexity index is 641. The molecule has 23 heavy (non-hydrogen) atoms. The molecule has 0 saturated heterocycles. The van der Waals surface area contributed by atoms with E-state index in [1.54, 1.807) is 6.92 Å². The van der Waals surface area contributed by atoms with Crippen LogP contribution in [0.1, 0.15) is 58.3 Å². The van der Waals surface area contributed by atoms with Gasteiger partial charge in [-0.05, 0) is 50.7 Å². The van der Waals surface area contributed by atoms with E-state index >= 15 is 0 Å². The first-order chi connectivity index (χ1) is 11.1. The predicted octanol–water partition coefficient (Wildman–Crippen LogP) is 3.55. The Labute approximate surface area is 146 Å². The van der Waals surface area contributed by atoms with Crippen molar-refractivity contribution in [2.24, 2.45) is 0 Å². The second-order valence-corrected chi connectivity index (χ2v) is 8.70. The van der Waals surface area contributed by atoms with E-state index in [1.807, 2.05) is 9.58 Å². The summed E-state index contributed by atoms with van der Waals surface area (Å²) in [6.07, 6.45) is 10.1. The number of hydrogen-bond donors (Lipinski definition) is 0. The number of carbonyl (C=O) groups excluding carboxylic acids is 1. The van der Waals surface area contributed by atoms with Crippen LogP contribution in [0.25, 0.3) is 0 Å². The molecular formula is C16H24N4OS2. The molecule has 126 valence electrons. The predicted molar refractivity (Wildman–Crippen MR) is 94.2 cm³/mol. The molecule has 0 spiro atoms. The number of amides is 1. The minimum Gasteiger partial charge on any atom is -0.284 e. The van der Waals surface area contributed by atoms with Gasteiger partial charge in [0.2, 0.25) is 11.0 Å². The quantitative estimate of drug-likeness (QED) is 0.734. The van der Waals surface area contributed by atoms with Gasteiger partial charge in [-0.1, -0.05) is 24.2 Å². The lowest BCUT2D eigenvalue weighted by molar-refractivity contribution is -0.116. The highest BCUT2D eigenvalue weighted by Gasteiger charge is 2.37. The van der Waals surface area contributed by atoms with Gasteiger partial charge in [-0.15, -0.1) is 5.10 Å². The molecule has 1 aromatic heterocycles. The van der Waals surface area contributed by atoms with Gasteiger partial charge >= 0.3 is 0 Å². The highest BCUT2D eigenvalue weighted by Crippen LogP contribution is 2.36. The van der Waals surface area contributed by atoms with Gasteiger partial charge in [0.05, 0.1) is 6.67 Å². The van der Waals surface area contributed by atoms with Crippen LogP contribution < -0.4 is 4.90 Å². The highest BCUT2D eigenvalue weighted by molar-refractivity contribution is 7.73. The smallest absolute Gasteiger partial charge is 0.225 e. The Kier molecular flexibility index (Phi) is 4.28. The Morgan fingerprint density at radius 2 is 1.78 bits per heavy atom. The molecule has 7 heteroatoms. The lowest BCUT2D eigenvalue weighted by atomic mass is 10.2. The van der Waals surface area contributed by atoms with Gasteiger partial charge in [0.25, 0.3) is 0 Å². The van der Waals surface area contributed by atoms with E-state index in [-0.39, 0.29) is 5.91 Å². The summed E-state index contributed by atoms with van der Waals surface area (Å²) >= 11 is 7.02. The molecule has 1 aromatic rings.